The average molecular weight is 456 g/mol. The van der Waals surface area contributed by atoms with Crippen LogP contribution in [0, 0.1) is 0 Å². The molecule has 5 nitrogen and oxygen atoms in total. The van der Waals surface area contributed by atoms with Crippen LogP contribution in [0.3, 0.4) is 0 Å². The number of rotatable bonds is 4. The van der Waals surface area contributed by atoms with Gasteiger partial charge in [-0.1, -0.05) is 84.9 Å². The van der Waals surface area contributed by atoms with Crippen molar-refractivity contribution >= 4 is 5.65 Å². The minimum atomic E-state index is 0.164. The summed E-state index contributed by atoms with van der Waals surface area (Å²) in [6, 6.07) is 36.3. The molecule has 0 bridgehead atoms. The normalized spacial score (nSPS) is 11.1. The molecule has 0 saturated heterocycles. The van der Waals surface area contributed by atoms with Crippen molar-refractivity contribution < 1.29 is 10.2 Å². The summed E-state index contributed by atoms with van der Waals surface area (Å²) in [5.41, 5.74) is 7.61. The second kappa shape index (κ2) is 8.47. The highest BCUT2D eigenvalue weighted by Crippen LogP contribution is 2.38. The first-order chi connectivity index (χ1) is 17.2. The SMILES string of the molecule is Oc1ccc(-c2c(-c3cccc(O)c3)nn3c(-c4ccccc4)cc(-c4ccccc4)nc23)cc1. The van der Waals surface area contributed by atoms with E-state index in [9.17, 15) is 10.2 Å². The third-order valence-electron chi connectivity index (χ3n) is 6.00. The molecule has 0 atom stereocenters. The molecule has 6 rings (SSSR count). The van der Waals surface area contributed by atoms with E-state index in [1.165, 1.54) is 0 Å². The summed E-state index contributed by atoms with van der Waals surface area (Å²) in [5.74, 6) is 0.351. The minimum Gasteiger partial charge on any atom is -0.508 e. The topological polar surface area (TPSA) is 70.7 Å². The van der Waals surface area contributed by atoms with Gasteiger partial charge in [0.2, 0.25) is 0 Å². The molecule has 2 heterocycles. The maximum Gasteiger partial charge on any atom is 0.164 e. The zero-order valence-corrected chi connectivity index (χ0v) is 18.7. The molecular formula is C30H21N3O2. The van der Waals surface area contributed by atoms with Gasteiger partial charge in [-0.25, -0.2) is 9.50 Å². The van der Waals surface area contributed by atoms with Gasteiger partial charge in [0.05, 0.1) is 17.0 Å². The Labute approximate surface area is 202 Å². The van der Waals surface area contributed by atoms with E-state index in [0.717, 1.165) is 39.2 Å². The molecular weight excluding hydrogens is 434 g/mol. The maximum absolute atomic E-state index is 10.2. The number of nitrogens with zero attached hydrogens (tertiary/aromatic N) is 3. The molecule has 0 fully saturated rings. The average Bonchev–Trinajstić information content (AvgIpc) is 3.29. The fourth-order valence-corrected chi connectivity index (χ4v) is 4.34. The Morgan fingerprint density at radius 1 is 0.543 bits per heavy atom. The van der Waals surface area contributed by atoms with Crippen molar-refractivity contribution in [3.8, 4) is 56.4 Å². The summed E-state index contributed by atoms with van der Waals surface area (Å²) in [5, 5.41) is 25.1. The van der Waals surface area contributed by atoms with E-state index in [0.29, 0.717) is 11.3 Å². The van der Waals surface area contributed by atoms with Crippen molar-refractivity contribution in [3.05, 3.63) is 115 Å². The van der Waals surface area contributed by atoms with Gasteiger partial charge in [-0.3, -0.25) is 0 Å². The van der Waals surface area contributed by atoms with E-state index >= 15 is 0 Å². The largest absolute Gasteiger partial charge is 0.508 e. The molecule has 35 heavy (non-hydrogen) atoms. The highest BCUT2D eigenvalue weighted by Gasteiger charge is 2.21. The highest BCUT2D eigenvalue weighted by molar-refractivity contribution is 5.92. The van der Waals surface area contributed by atoms with Crippen molar-refractivity contribution in [1.82, 2.24) is 14.6 Å². The van der Waals surface area contributed by atoms with E-state index in [2.05, 4.69) is 18.2 Å². The van der Waals surface area contributed by atoms with Crippen LogP contribution in [0.25, 0.3) is 50.5 Å². The van der Waals surface area contributed by atoms with Crippen LogP contribution in [0.4, 0.5) is 0 Å². The smallest absolute Gasteiger partial charge is 0.164 e. The second-order valence-electron chi connectivity index (χ2n) is 8.31. The van der Waals surface area contributed by atoms with Gasteiger partial charge < -0.3 is 10.2 Å². The number of hydrogen-bond donors (Lipinski definition) is 2. The van der Waals surface area contributed by atoms with E-state index in [1.54, 1.807) is 30.3 Å². The van der Waals surface area contributed by atoms with E-state index in [4.69, 9.17) is 10.1 Å². The lowest BCUT2D eigenvalue weighted by atomic mass is 10.0. The fourth-order valence-electron chi connectivity index (χ4n) is 4.34. The third kappa shape index (κ3) is 3.79. The summed E-state index contributed by atoms with van der Waals surface area (Å²) in [7, 11) is 0. The van der Waals surface area contributed by atoms with Crippen molar-refractivity contribution in [2.75, 3.05) is 0 Å². The molecule has 0 saturated carbocycles. The van der Waals surface area contributed by atoms with Crippen molar-refractivity contribution in [2.45, 2.75) is 0 Å². The molecule has 5 heteroatoms. The lowest BCUT2D eigenvalue weighted by molar-refractivity contribution is 0.475. The van der Waals surface area contributed by atoms with Gasteiger partial charge in [0.15, 0.2) is 5.65 Å². The lowest BCUT2D eigenvalue weighted by Crippen LogP contribution is -1.98. The molecule has 4 aromatic carbocycles. The van der Waals surface area contributed by atoms with Crippen LogP contribution < -0.4 is 0 Å². The van der Waals surface area contributed by atoms with E-state index < -0.39 is 0 Å². The predicted octanol–water partition coefficient (Wildman–Crippen LogP) is 6.81. The molecule has 0 aliphatic heterocycles. The number of aromatic nitrogens is 3. The third-order valence-corrected chi connectivity index (χ3v) is 6.00. The Balaban J connectivity index is 1.74. The Hall–Kier alpha value is -4.90. The second-order valence-corrected chi connectivity index (χ2v) is 8.31. The molecule has 0 aliphatic carbocycles. The molecule has 0 spiro atoms. The number of benzene rings is 4. The molecule has 6 aromatic rings. The van der Waals surface area contributed by atoms with Gasteiger partial charge in [-0.15, -0.1) is 0 Å². The summed E-state index contributed by atoms with van der Waals surface area (Å²) in [6.45, 7) is 0. The van der Waals surface area contributed by atoms with E-state index in [1.807, 2.05) is 71.2 Å². The first-order valence-electron chi connectivity index (χ1n) is 11.3. The first-order valence-corrected chi connectivity index (χ1v) is 11.3. The van der Waals surface area contributed by atoms with Crippen LogP contribution in [-0.2, 0) is 0 Å². The Bertz CT molecular complexity index is 1640. The van der Waals surface area contributed by atoms with Gasteiger partial charge >= 0.3 is 0 Å². The van der Waals surface area contributed by atoms with Gasteiger partial charge in [-0.05, 0) is 35.9 Å². The summed E-state index contributed by atoms with van der Waals surface area (Å²) in [4.78, 5) is 5.07. The quantitative estimate of drug-likeness (QED) is 0.306. The minimum absolute atomic E-state index is 0.164. The van der Waals surface area contributed by atoms with Crippen molar-refractivity contribution in [2.24, 2.45) is 0 Å². The van der Waals surface area contributed by atoms with Gasteiger partial charge in [-0.2, -0.15) is 5.10 Å². The zero-order valence-electron chi connectivity index (χ0n) is 18.7. The lowest BCUT2D eigenvalue weighted by Gasteiger charge is -2.10. The summed E-state index contributed by atoms with van der Waals surface area (Å²) < 4.78 is 1.86. The van der Waals surface area contributed by atoms with Crippen LogP contribution >= 0.6 is 0 Å². The molecule has 168 valence electrons. The number of fused-ring (bicyclic) bond motifs is 1. The van der Waals surface area contributed by atoms with Crippen LogP contribution in [-0.4, -0.2) is 24.8 Å². The maximum atomic E-state index is 10.2. The number of phenols is 2. The molecule has 2 aromatic heterocycles. The van der Waals surface area contributed by atoms with Crippen LogP contribution in [0.2, 0.25) is 0 Å². The highest BCUT2D eigenvalue weighted by atomic mass is 16.3. The number of aromatic hydroxyl groups is 2. The molecule has 0 radical (unpaired) electrons. The zero-order chi connectivity index (χ0) is 23.8. The molecule has 0 amide bonds. The fraction of sp³-hybridized carbons (Fsp3) is 0. The predicted molar refractivity (Wildman–Crippen MR) is 138 cm³/mol. The van der Waals surface area contributed by atoms with Gasteiger partial charge in [0.25, 0.3) is 0 Å². The Morgan fingerprint density at radius 2 is 1.20 bits per heavy atom. The van der Waals surface area contributed by atoms with Crippen molar-refractivity contribution in [3.63, 3.8) is 0 Å². The molecule has 0 unspecified atom stereocenters. The standard InChI is InChI=1S/C30H21N3O2/c34-24-16-14-22(15-17-24)28-29(23-12-7-13-25(35)18-23)32-33-27(21-10-5-2-6-11-21)19-26(31-30(28)33)20-8-3-1-4-9-20/h1-19,34-35H. The first kappa shape index (κ1) is 20.7. The molecule has 0 aliphatic rings. The summed E-state index contributed by atoms with van der Waals surface area (Å²) >= 11 is 0. The van der Waals surface area contributed by atoms with Crippen LogP contribution in [0.1, 0.15) is 0 Å². The molecule has 2 N–H and O–H groups in total. The van der Waals surface area contributed by atoms with Crippen LogP contribution in [0.15, 0.2) is 115 Å². The number of hydrogen-bond acceptors (Lipinski definition) is 4. The Morgan fingerprint density at radius 3 is 1.89 bits per heavy atom. The Kier molecular flexibility index (Phi) is 5.00. The van der Waals surface area contributed by atoms with Crippen molar-refractivity contribution in [1.29, 1.82) is 0 Å². The van der Waals surface area contributed by atoms with Gasteiger partial charge in [0, 0.05) is 16.7 Å². The summed E-state index contributed by atoms with van der Waals surface area (Å²) in [6.07, 6.45) is 0. The van der Waals surface area contributed by atoms with E-state index in [-0.39, 0.29) is 11.5 Å². The number of phenolic OH excluding ortho intramolecular Hbond substituents is 2. The van der Waals surface area contributed by atoms with Gasteiger partial charge in [0.1, 0.15) is 17.2 Å². The van der Waals surface area contributed by atoms with Crippen LogP contribution in [0.5, 0.6) is 11.5 Å². The monoisotopic (exact) mass is 455 g/mol.